The van der Waals surface area contributed by atoms with Crippen molar-refractivity contribution in [2.75, 3.05) is 27.8 Å². The molecule has 8 heteroatoms. The summed E-state index contributed by atoms with van der Waals surface area (Å²) in [6.45, 7) is 0.463. The Bertz CT molecular complexity index is 1340. The Morgan fingerprint density at radius 3 is 2.40 bits per heavy atom. The Morgan fingerprint density at radius 2 is 1.71 bits per heavy atom. The zero-order valence-corrected chi connectivity index (χ0v) is 20.4. The smallest absolute Gasteiger partial charge is 0.272 e. The molecule has 0 N–H and O–H groups in total. The highest BCUT2D eigenvalue weighted by Gasteiger charge is 2.22. The molecule has 180 valence electrons. The highest BCUT2D eigenvalue weighted by molar-refractivity contribution is 6.33. The summed E-state index contributed by atoms with van der Waals surface area (Å²) in [6, 6.07) is 20.5. The van der Waals surface area contributed by atoms with Crippen molar-refractivity contribution >= 4 is 17.5 Å². The van der Waals surface area contributed by atoms with Crippen LogP contribution in [0, 0.1) is 5.82 Å². The maximum Gasteiger partial charge on any atom is 0.272 e. The number of likely N-dealkylation sites (N-methyl/N-ethyl adjacent to an activating group) is 1. The zero-order valence-electron chi connectivity index (χ0n) is 19.7. The molecule has 0 aliphatic rings. The summed E-state index contributed by atoms with van der Waals surface area (Å²) in [5, 5.41) is 5.16. The molecule has 4 rings (SSSR count). The van der Waals surface area contributed by atoms with E-state index in [1.807, 2.05) is 36.4 Å². The summed E-state index contributed by atoms with van der Waals surface area (Å²) in [4.78, 5) is 15.1. The first-order chi connectivity index (χ1) is 16.9. The fraction of sp³-hybridized carbons (Fsp3) is 0.185. The molecule has 6 nitrogen and oxygen atoms in total. The van der Waals surface area contributed by atoms with Gasteiger partial charge in [0.1, 0.15) is 11.5 Å². The first-order valence-corrected chi connectivity index (χ1v) is 11.4. The van der Waals surface area contributed by atoms with Gasteiger partial charge in [0.15, 0.2) is 11.5 Å². The van der Waals surface area contributed by atoms with Gasteiger partial charge in [-0.2, -0.15) is 5.10 Å². The van der Waals surface area contributed by atoms with E-state index in [0.717, 1.165) is 5.56 Å². The summed E-state index contributed by atoms with van der Waals surface area (Å²) in [5.74, 6) is 0.696. The molecule has 0 saturated carbocycles. The Morgan fingerprint density at radius 1 is 1.00 bits per heavy atom. The molecule has 0 atom stereocenters. The molecule has 0 bridgehead atoms. The number of nitrogens with zero attached hydrogens (tertiary/aromatic N) is 3. The first-order valence-electron chi connectivity index (χ1n) is 11.0. The van der Waals surface area contributed by atoms with Crippen molar-refractivity contribution in [3.63, 3.8) is 0 Å². The van der Waals surface area contributed by atoms with E-state index in [-0.39, 0.29) is 11.7 Å². The summed E-state index contributed by atoms with van der Waals surface area (Å²) in [7, 11) is 4.91. The Hall–Kier alpha value is -3.84. The van der Waals surface area contributed by atoms with Crippen LogP contribution in [0.25, 0.3) is 16.9 Å². The lowest BCUT2D eigenvalue weighted by Gasteiger charge is -2.18. The second-order valence-corrected chi connectivity index (χ2v) is 8.36. The molecule has 1 amide bonds. The van der Waals surface area contributed by atoms with Crippen molar-refractivity contribution in [2.24, 2.45) is 0 Å². The topological polar surface area (TPSA) is 56.6 Å². The van der Waals surface area contributed by atoms with Gasteiger partial charge in [-0.3, -0.25) is 4.79 Å². The van der Waals surface area contributed by atoms with Crippen LogP contribution < -0.4 is 9.47 Å². The van der Waals surface area contributed by atoms with E-state index < -0.39 is 0 Å². The SMILES string of the molecule is COc1ccc(CCN(C)C(=O)c2cc(-c3ccccc3Cl)nn2-c2ccc(F)cc2)cc1OC. The average Bonchev–Trinajstić information content (AvgIpc) is 3.32. The van der Waals surface area contributed by atoms with Crippen molar-refractivity contribution < 1.29 is 18.7 Å². The fourth-order valence-corrected chi connectivity index (χ4v) is 3.98. The molecule has 35 heavy (non-hydrogen) atoms. The van der Waals surface area contributed by atoms with Crippen LogP contribution in [-0.4, -0.2) is 48.4 Å². The number of carbonyl (C=O) groups is 1. The molecule has 0 unspecified atom stereocenters. The largest absolute Gasteiger partial charge is 0.493 e. The maximum absolute atomic E-state index is 13.5. The molecule has 0 saturated heterocycles. The van der Waals surface area contributed by atoms with E-state index in [1.54, 1.807) is 50.4 Å². The molecule has 3 aromatic carbocycles. The highest BCUT2D eigenvalue weighted by atomic mass is 35.5. The zero-order chi connectivity index (χ0) is 24.9. The second-order valence-electron chi connectivity index (χ2n) is 7.95. The number of aromatic nitrogens is 2. The third-order valence-electron chi connectivity index (χ3n) is 5.68. The Kier molecular flexibility index (Phi) is 7.36. The van der Waals surface area contributed by atoms with Crippen LogP contribution in [-0.2, 0) is 6.42 Å². The predicted molar refractivity (Wildman–Crippen MR) is 134 cm³/mol. The van der Waals surface area contributed by atoms with E-state index in [0.29, 0.717) is 52.1 Å². The number of carbonyl (C=O) groups excluding carboxylic acids is 1. The van der Waals surface area contributed by atoms with Gasteiger partial charge in [0.05, 0.1) is 30.6 Å². The molecule has 0 aliphatic carbocycles. The van der Waals surface area contributed by atoms with Crippen LogP contribution >= 0.6 is 11.6 Å². The van der Waals surface area contributed by atoms with Crippen molar-refractivity contribution in [3.8, 4) is 28.4 Å². The van der Waals surface area contributed by atoms with Crippen molar-refractivity contribution in [1.82, 2.24) is 14.7 Å². The minimum atomic E-state index is -0.368. The fourth-order valence-electron chi connectivity index (χ4n) is 3.74. The van der Waals surface area contributed by atoms with Crippen LogP contribution in [0.15, 0.2) is 72.8 Å². The lowest BCUT2D eigenvalue weighted by molar-refractivity contribution is 0.0787. The monoisotopic (exact) mass is 493 g/mol. The molecule has 0 spiro atoms. The molecular formula is C27H25ClFN3O3. The minimum Gasteiger partial charge on any atom is -0.493 e. The van der Waals surface area contributed by atoms with E-state index in [2.05, 4.69) is 5.10 Å². The minimum absolute atomic E-state index is 0.222. The second kappa shape index (κ2) is 10.6. The number of rotatable bonds is 8. The molecule has 0 fully saturated rings. The van der Waals surface area contributed by atoms with Crippen LogP contribution in [0.4, 0.5) is 4.39 Å². The third kappa shape index (κ3) is 5.30. The van der Waals surface area contributed by atoms with E-state index in [9.17, 15) is 9.18 Å². The van der Waals surface area contributed by atoms with Crippen molar-refractivity contribution in [3.05, 3.63) is 94.9 Å². The summed E-state index contributed by atoms with van der Waals surface area (Å²) in [6.07, 6.45) is 0.616. The predicted octanol–water partition coefficient (Wildman–Crippen LogP) is 5.66. The average molecular weight is 494 g/mol. The number of ether oxygens (including phenoxy) is 2. The first kappa shape index (κ1) is 24.3. The van der Waals surface area contributed by atoms with Gasteiger partial charge < -0.3 is 14.4 Å². The molecule has 4 aromatic rings. The normalized spacial score (nSPS) is 10.8. The number of hydrogen-bond acceptors (Lipinski definition) is 4. The highest BCUT2D eigenvalue weighted by Crippen LogP contribution is 2.29. The van der Waals surface area contributed by atoms with Crippen LogP contribution in [0.2, 0.25) is 5.02 Å². The van der Waals surface area contributed by atoms with Crippen molar-refractivity contribution in [1.29, 1.82) is 0 Å². The van der Waals surface area contributed by atoms with Gasteiger partial charge in [-0.25, -0.2) is 9.07 Å². The van der Waals surface area contributed by atoms with E-state index in [1.165, 1.54) is 16.8 Å². The summed E-state index contributed by atoms with van der Waals surface area (Å²) in [5.41, 5.74) is 3.18. The van der Waals surface area contributed by atoms with Gasteiger partial charge in [0, 0.05) is 19.2 Å². The van der Waals surface area contributed by atoms with Crippen LogP contribution in [0.5, 0.6) is 11.5 Å². The quantitative estimate of drug-likeness (QED) is 0.317. The lowest BCUT2D eigenvalue weighted by Crippen LogP contribution is -2.30. The number of benzene rings is 3. The van der Waals surface area contributed by atoms with Gasteiger partial charge in [-0.15, -0.1) is 0 Å². The van der Waals surface area contributed by atoms with E-state index >= 15 is 0 Å². The van der Waals surface area contributed by atoms with Crippen molar-refractivity contribution in [2.45, 2.75) is 6.42 Å². The number of amides is 1. The van der Waals surface area contributed by atoms with Gasteiger partial charge in [-0.1, -0.05) is 35.9 Å². The van der Waals surface area contributed by atoms with Gasteiger partial charge in [0.2, 0.25) is 0 Å². The van der Waals surface area contributed by atoms with E-state index in [4.69, 9.17) is 21.1 Å². The number of methoxy groups -OCH3 is 2. The third-order valence-corrected chi connectivity index (χ3v) is 6.01. The van der Waals surface area contributed by atoms with Crippen LogP contribution in [0.3, 0.4) is 0 Å². The van der Waals surface area contributed by atoms with Gasteiger partial charge in [-0.05, 0) is 60.5 Å². The van der Waals surface area contributed by atoms with Gasteiger partial charge >= 0.3 is 0 Å². The number of hydrogen-bond donors (Lipinski definition) is 0. The van der Waals surface area contributed by atoms with Gasteiger partial charge in [0.25, 0.3) is 5.91 Å². The standard InChI is InChI=1S/C27H25ClFN3O3/c1-31(15-14-18-8-13-25(34-2)26(16-18)35-3)27(33)24-17-23(21-6-4-5-7-22(21)28)30-32(24)20-11-9-19(29)10-12-20/h4-13,16-17H,14-15H2,1-3H3. The Labute approximate surface area is 208 Å². The molecule has 1 aromatic heterocycles. The maximum atomic E-state index is 13.5. The summed E-state index contributed by atoms with van der Waals surface area (Å²) >= 11 is 6.38. The molecule has 1 heterocycles. The molecule has 0 radical (unpaired) electrons. The summed E-state index contributed by atoms with van der Waals surface area (Å²) < 4.78 is 25.7. The Balaban J connectivity index is 1.62. The lowest BCUT2D eigenvalue weighted by atomic mass is 10.1. The molecule has 0 aliphatic heterocycles. The number of halogens is 2. The van der Waals surface area contributed by atoms with Crippen LogP contribution in [0.1, 0.15) is 16.1 Å². The molecular weight excluding hydrogens is 469 g/mol.